The van der Waals surface area contributed by atoms with E-state index in [1.807, 2.05) is 18.4 Å². The zero-order valence-electron chi connectivity index (χ0n) is 19.4. The fraction of sp³-hybridized carbons (Fsp3) is 0.478. The number of rotatable bonds is 5. The molecule has 1 aromatic carbocycles. The second-order valence-electron chi connectivity index (χ2n) is 8.82. The number of aliphatic imine (C=N–C) groups is 1. The summed E-state index contributed by atoms with van der Waals surface area (Å²) in [5, 5.41) is 0.911. The van der Waals surface area contributed by atoms with E-state index in [2.05, 4.69) is 9.47 Å². The van der Waals surface area contributed by atoms with Crippen molar-refractivity contribution in [2.75, 3.05) is 39.9 Å². The van der Waals surface area contributed by atoms with Crippen LogP contribution in [-0.2, 0) is 22.6 Å². The molecule has 2 fully saturated rings. The van der Waals surface area contributed by atoms with Crippen LogP contribution in [0.4, 0.5) is 10.7 Å². The third-order valence-corrected chi connectivity index (χ3v) is 7.50. The zero-order valence-corrected chi connectivity index (χ0v) is 20.9. The topological polar surface area (TPSA) is 74.3 Å². The molecule has 9 nitrogen and oxygen atoms in total. The maximum atomic E-state index is 13.7. The minimum Gasteiger partial charge on any atom is -0.379 e. The highest BCUT2D eigenvalue weighted by Crippen LogP contribution is 2.36. The summed E-state index contributed by atoms with van der Waals surface area (Å²) in [4.78, 5) is 36.7. The van der Waals surface area contributed by atoms with Crippen molar-refractivity contribution in [3.8, 4) is 0 Å². The highest BCUT2D eigenvalue weighted by molar-refractivity contribution is 6.35. The highest BCUT2D eigenvalue weighted by atomic mass is 35.5. The van der Waals surface area contributed by atoms with E-state index >= 15 is 0 Å². The SMILES string of the molecule is Cc1c(C)[n+](CCN2CCOCC2)c2n1C1C(=O)N(Cc3ccc(Cl)cc3Cl)C(=O)N(C)C1=N2. The van der Waals surface area contributed by atoms with Crippen LogP contribution in [0.2, 0.25) is 10.0 Å². The second-order valence-corrected chi connectivity index (χ2v) is 9.66. The van der Waals surface area contributed by atoms with Gasteiger partial charge in [-0.3, -0.25) is 19.5 Å². The van der Waals surface area contributed by atoms with Crippen molar-refractivity contribution in [2.24, 2.45) is 4.99 Å². The quantitative estimate of drug-likeness (QED) is 0.585. The number of aromatic nitrogens is 2. The van der Waals surface area contributed by atoms with Crippen LogP contribution in [0.1, 0.15) is 23.0 Å². The lowest BCUT2D eigenvalue weighted by Crippen LogP contribution is -2.57. The Hall–Kier alpha value is -2.46. The number of halogens is 2. The van der Waals surface area contributed by atoms with Crippen molar-refractivity contribution in [1.29, 1.82) is 0 Å². The number of morpholine rings is 1. The van der Waals surface area contributed by atoms with Gasteiger partial charge in [0, 0.05) is 36.7 Å². The van der Waals surface area contributed by atoms with Crippen molar-refractivity contribution < 1.29 is 18.9 Å². The number of hydrogen-bond acceptors (Lipinski definition) is 5. The number of hydrogen-bond donors (Lipinski definition) is 0. The van der Waals surface area contributed by atoms with E-state index in [0.29, 0.717) is 27.4 Å². The van der Waals surface area contributed by atoms with Gasteiger partial charge < -0.3 is 4.74 Å². The normalized spacial score (nSPS) is 20.6. The lowest BCUT2D eigenvalue weighted by molar-refractivity contribution is -0.688. The molecule has 0 saturated carbocycles. The first kappa shape index (κ1) is 23.3. The Morgan fingerprint density at radius 3 is 2.62 bits per heavy atom. The van der Waals surface area contributed by atoms with E-state index in [9.17, 15) is 9.59 Å². The Kier molecular flexibility index (Phi) is 6.14. The number of imide groups is 1. The molecule has 11 heteroatoms. The van der Waals surface area contributed by atoms with E-state index in [0.717, 1.165) is 50.8 Å². The molecule has 0 spiro atoms. The van der Waals surface area contributed by atoms with Gasteiger partial charge in [0.2, 0.25) is 11.9 Å². The monoisotopic (exact) mass is 505 g/mol. The van der Waals surface area contributed by atoms with Crippen LogP contribution in [0.25, 0.3) is 0 Å². The number of benzene rings is 1. The molecule has 0 bridgehead atoms. The molecule has 0 aliphatic carbocycles. The molecule has 0 N–H and O–H groups in total. The van der Waals surface area contributed by atoms with Crippen molar-refractivity contribution in [3.05, 3.63) is 45.2 Å². The van der Waals surface area contributed by atoms with Gasteiger partial charge in [0.25, 0.3) is 5.91 Å². The predicted octanol–water partition coefficient (Wildman–Crippen LogP) is 2.71. The molecule has 180 valence electrons. The molecule has 3 amide bonds. The van der Waals surface area contributed by atoms with Gasteiger partial charge in [0.15, 0.2) is 0 Å². The fourth-order valence-corrected chi connectivity index (χ4v) is 5.27. The summed E-state index contributed by atoms with van der Waals surface area (Å²) in [6.45, 7) is 9.01. The van der Waals surface area contributed by atoms with E-state index in [1.165, 1.54) is 9.80 Å². The molecule has 0 radical (unpaired) electrons. The lowest BCUT2D eigenvalue weighted by atomic mass is 10.1. The molecule has 3 aliphatic heterocycles. The number of amidine groups is 1. The van der Waals surface area contributed by atoms with Gasteiger partial charge in [-0.25, -0.2) is 13.9 Å². The first-order valence-corrected chi connectivity index (χ1v) is 12.1. The molecule has 2 saturated heterocycles. The molecule has 34 heavy (non-hydrogen) atoms. The maximum Gasteiger partial charge on any atom is 0.402 e. The number of fused-ring (bicyclic) bond motifs is 3. The molecular formula is C23H27Cl2N6O3+. The van der Waals surface area contributed by atoms with Crippen molar-refractivity contribution >= 4 is 46.9 Å². The van der Waals surface area contributed by atoms with Crippen LogP contribution in [0.15, 0.2) is 23.2 Å². The summed E-state index contributed by atoms with van der Waals surface area (Å²) in [5.41, 5.74) is 2.67. The molecular weight excluding hydrogens is 479 g/mol. The Labute approximate surface area is 208 Å². The van der Waals surface area contributed by atoms with Crippen LogP contribution in [0.5, 0.6) is 0 Å². The van der Waals surface area contributed by atoms with E-state index in [1.54, 1.807) is 25.2 Å². The number of carbonyl (C=O) groups excluding carboxylic acids is 2. The summed E-state index contributed by atoms with van der Waals surface area (Å²) < 4.78 is 9.54. The van der Waals surface area contributed by atoms with Gasteiger partial charge >= 0.3 is 12.0 Å². The lowest BCUT2D eigenvalue weighted by Gasteiger charge is -2.33. The van der Waals surface area contributed by atoms with E-state index < -0.39 is 12.1 Å². The first-order chi connectivity index (χ1) is 16.3. The number of imidazole rings is 1. The number of amides is 3. The number of likely N-dealkylation sites (N-methyl/N-ethyl adjacent to an activating group) is 1. The van der Waals surface area contributed by atoms with E-state index in [4.69, 9.17) is 32.9 Å². The van der Waals surface area contributed by atoms with Crippen LogP contribution in [0.3, 0.4) is 0 Å². The standard InChI is InChI=1S/C23H27Cl2N6O3/c1-14-15(2)31-19-20(26-22(31)29(14)7-6-28-8-10-34-11-9-28)27(3)23(33)30(21(19)32)13-16-4-5-17(24)12-18(16)25/h4-5,12,19H,6-11,13H2,1-3H3/q+1. The molecule has 1 atom stereocenters. The number of nitrogens with zero attached hydrogens (tertiary/aromatic N) is 6. The number of carbonyl (C=O) groups is 2. The van der Waals surface area contributed by atoms with Crippen LogP contribution in [0, 0.1) is 13.8 Å². The van der Waals surface area contributed by atoms with Gasteiger partial charge in [0.05, 0.1) is 26.3 Å². The summed E-state index contributed by atoms with van der Waals surface area (Å²) in [5.74, 6) is 0.833. The fourth-order valence-electron chi connectivity index (χ4n) is 4.80. The largest absolute Gasteiger partial charge is 0.402 e. The van der Waals surface area contributed by atoms with Crippen molar-refractivity contribution in [1.82, 2.24) is 19.3 Å². The minimum absolute atomic E-state index is 0.0629. The average Bonchev–Trinajstić information content (AvgIpc) is 3.32. The Morgan fingerprint density at radius 1 is 1.18 bits per heavy atom. The average molecular weight is 506 g/mol. The second kappa shape index (κ2) is 8.96. The summed E-state index contributed by atoms with van der Waals surface area (Å²) in [7, 11) is 1.66. The molecule has 5 rings (SSSR count). The predicted molar refractivity (Wildman–Crippen MR) is 128 cm³/mol. The van der Waals surface area contributed by atoms with E-state index in [-0.39, 0.29) is 12.5 Å². The Balaban J connectivity index is 1.46. The molecule has 4 heterocycles. The third kappa shape index (κ3) is 3.80. The van der Waals surface area contributed by atoms with Crippen LogP contribution < -0.4 is 4.57 Å². The van der Waals surface area contributed by atoms with Crippen molar-refractivity contribution in [2.45, 2.75) is 33.0 Å². The smallest absolute Gasteiger partial charge is 0.379 e. The first-order valence-electron chi connectivity index (χ1n) is 11.3. The summed E-state index contributed by atoms with van der Waals surface area (Å²) in [6, 6.07) is 3.93. The van der Waals surface area contributed by atoms with Gasteiger partial charge in [-0.1, -0.05) is 34.3 Å². The molecule has 2 aromatic rings. The zero-order chi connectivity index (χ0) is 24.1. The summed E-state index contributed by atoms with van der Waals surface area (Å²) >= 11 is 12.3. The Bertz CT molecular complexity index is 1200. The van der Waals surface area contributed by atoms with Gasteiger partial charge in [0.1, 0.15) is 11.4 Å². The molecule has 3 aliphatic rings. The highest BCUT2D eigenvalue weighted by Gasteiger charge is 2.54. The van der Waals surface area contributed by atoms with Gasteiger partial charge in [-0.2, -0.15) is 0 Å². The summed E-state index contributed by atoms with van der Waals surface area (Å²) in [6.07, 6.45) is 0. The van der Waals surface area contributed by atoms with Crippen LogP contribution >= 0.6 is 23.2 Å². The van der Waals surface area contributed by atoms with Crippen LogP contribution in [-0.4, -0.2) is 76.9 Å². The molecule has 1 unspecified atom stereocenters. The van der Waals surface area contributed by atoms with Crippen molar-refractivity contribution in [3.63, 3.8) is 0 Å². The Morgan fingerprint density at radius 2 is 1.91 bits per heavy atom. The third-order valence-electron chi connectivity index (χ3n) is 6.91. The maximum absolute atomic E-state index is 13.7. The minimum atomic E-state index is -0.688. The van der Waals surface area contributed by atoms with Gasteiger partial charge in [-0.15, -0.1) is 0 Å². The molecule has 1 aromatic heterocycles. The number of ether oxygens (including phenoxy) is 1. The van der Waals surface area contributed by atoms with Gasteiger partial charge in [-0.05, 0) is 31.5 Å². The number of urea groups is 1.